The van der Waals surface area contributed by atoms with Gasteiger partial charge in [0.15, 0.2) is 0 Å². The Labute approximate surface area is 144 Å². The zero-order valence-corrected chi connectivity index (χ0v) is 14.5. The Balaban J connectivity index is 1.42. The normalized spacial score (nSPS) is 19.9. The zero-order valence-electron chi connectivity index (χ0n) is 14.5. The molecule has 2 heterocycles. The maximum absolute atomic E-state index is 11.8. The number of hydrogen-bond acceptors (Lipinski definition) is 4. The van der Waals surface area contributed by atoms with Gasteiger partial charge in [0.1, 0.15) is 0 Å². The van der Waals surface area contributed by atoms with Gasteiger partial charge in [0, 0.05) is 51.3 Å². The number of imide groups is 1. The van der Waals surface area contributed by atoms with Gasteiger partial charge in [-0.2, -0.15) is 0 Å². The number of benzene rings is 1. The van der Waals surface area contributed by atoms with Crippen LogP contribution in [0.4, 0.5) is 5.69 Å². The average molecular weight is 329 g/mol. The minimum absolute atomic E-state index is 0.00984. The van der Waals surface area contributed by atoms with Gasteiger partial charge in [-0.3, -0.25) is 19.4 Å². The van der Waals surface area contributed by atoms with Gasteiger partial charge in [-0.15, -0.1) is 0 Å². The van der Waals surface area contributed by atoms with Crippen LogP contribution in [0.5, 0.6) is 0 Å². The van der Waals surface area contributed by atoms with Crippen LogP contribution in [-0.2, 0) is 9.59 Å². The molecule has 0 bridgehead atoms. The predicted octanol–water partition coefficient (Wildman–Crippen LogP) is 2.05. The number of anilines is 1. The number of rotatable bonds is 5. The van der Waals surface area contributed by atoms with Crippen LogP contribution in [0.2, 0.25) is 0 Å². The Morgan fingerprint density at radius 2 is 1.58 bits per heavy atom. The van der Waals surface area contributed by atoms with Crippen molar-refractivity contribution in [1.29, 1.82) is 0 Å². The standard InChI is InChI=1S/C19H27N3O2/c1-16-6-2-3-7-17(16)21-14-12-20(13-15-21)10-5-11-22-18(23)8-4-9-19(22)24/h2-3,6-7H,4-5,8-15H2,1H3. The molecule has 0 N–H and O–H groups in total. The van der Waals surface area contributed by atoms with Crippen LogP contribution in [0, 0.1) is 6.92 Å². The molecule has 24 heavy (non-hydrogen) atoms. The van der Waals surface area contributed by atoms with Gasteiger partial charge in [0.2, 0.25) is 11.8 Å². The van der Waals surface area contributed by atoms with E-state index in [0.29, 0.717) is 19.4 Å². The number of amides is 2. The molecular weight excluding hydrogens is 302 g/mol. The molecule has 0 atom stereocenters. The lowest BCUT2D eigenvalue weighted by atomic mass is 10.1. The molecule has 5 heteroatoms. The average Bonchev–Trinajstić information content (AvgIpc) is 2.59. The summed E-state index contributed by atoms with van der Waals surface area (Å²) in [7, 11) is 0. The highest BCUT2D eigenvalue weighted by molar-refractivity contribution is 5.97. The monoisotopic (exact) mass is 329 g/mol. The number of nitrogens with zero attached hydrogens (tertiary/aromatic N) is 3. The van der Waals surface area contributed by atoms with Crippen molar-refractivity contribution in [3.8, 4) is 0 Å². The Morgan fingerprint density at radius 1 is 0.917 bits per heavy atom. The molecule has 5 nitrogen and oxygen atoms in total. The van der Waals surface area contributed by atoms with Crippen LogP contribution >= 0.6 is 0 Å². The van der Waals surface area contributed by atoms with E-state index in [4.69, 9.17) is 0 Å². The number of carbonyl (C=O) groups is 2. The minimum atomic E-state index is 0.00984. The molecule has 0 aromatic heterocycles. The molecule has 3 rings (SSSR count). The highest BCUT2D eigenvalue weighted by Crippen LogP contribution is 2.21. The van der Waals surface area contributed by atoms with Crippen molar-refractivity contribution in [2.45, 2.75) is 32.6 Å². The summed E-state index contributed by atoms with van der Waals surface area (Å²) in [5.74, 6) is 0.0197. The molecular formula is C19H27N3O2. The van der Waals surface area contributed by atoms with Crippen molar-refractivity contribution in [3.63, 3.8) is 0 Å². The molecule has 0 radical (unpaired) electrons. The fraction of sp³-hybridized carbons (Fsp3) is 0.579. The van der Waals surface area contributed by atoms with E-state index in [2.05, 4.69) is 41.0 Å². The van der Waals surface area contributed by atoms with Crippen molar-refractivity contribution in [2.75, 3.05) is 44.2 Å². The first kappa shape index (κ1) is 17.0. The van der Waals surface area contributed by atoms with E-state index in [1.807, 2.05) is 0 Å². The fourth-order valence-electron chi connectivity index (χ4n) is 3.63. The number of likely N-dealkylation sites (tertiary alicyclic amines) is 1. The molecule has 1 aromatic carbocycles. The summed E-state index contributed by atoms with van der Waals surface area (Å²) in [5, 5.41) is 0. The van der Waals surface area contributed by atoms with E-state index < -0.39 is 0 Å². The second kappa shape index (κ2) is 7.79. The number of aryl methyl sites for hydroxylation is 1. The van der Waals surface area contributed by atoms with Crippen LogP contribution in [0.25, 0.3) is 0 Å². The number of piperazine rings is 1. The highest BCUT2D eigenvalue weighted by atomic mass is 16.2. The Hall–Kier alpha value is -1.88. The lowest BCUT2D eigenvalue weighted by molar-refractivity contribution is -0.148. The first-order valence-corrected chi connectivity index (χ1v) is 9.01. The summed E-state index contributed by atoms with van der Waals surface area (Å²) in [4.78, 5) is 30.0. The van der Waals surface area contributed by atoms with Crippen molar-refractivity contribution in [1.82, 2.24) is 9.80 Å². The summed E-state index contributed by atoms with van der Waals surface area (Å²) >= 11 is 0. The second-order valence-corrected chi connectivity index (χ2v) is 6.76. The second-order valence-electron chi connectivity index (χ2n) is 6.76. The smallest absolute Gasteiger partial charge is 0.229 e. The third kappa shape index (κ3) is 3.96. The van der Waals surface area contributed by atoms with E-state index in [1.54, 1.807) is 0 Å². The van der Waals surface area contributed by atoms with E-state index in [1.165, 1.54) is 16.2 Å². The molecule has 0 aliphatic carbocycles. The summed E-state index contributed by atoms with van der Waals surface area (Å²) in [6, 6.07) is 8.53. The third-order valence-electron chi connectivity index (χ3n) is 5.07. The molecule has 2 aliphatic rings. The molecule has 2 amide bonds. The van der Waals surface area contributed by atoms with Gasteiger partial charge in [-0.05, 0) is 37.9 Å². The van der Waals surface area contributed by atoms with Crippen LogP contribution in [0.1, 0.15) is 31.2 Å². The van der Waals surface area contributed by atoms with Gasteiger partial charge < -0.3 is 4.90 Å². The summed E-state index contributed by atoms with van der Waals surface area (Å²) in [6.07, 6.45) is 2.65. The zero-order chi connectivity index (χ0) is 16.9. The van der Waals surface area contributed by atoms with Gasteiger partial charge in [0.25, 0.3) is 0 Å². The fourth-order valence-corrected chi connectivity index (χ4v) is 3.63. The van der Waals surface area contributed by atoms with Crippen molar-refractivity contribution >= 4 is 17.5 Å². The first-order valence-electron chi connectivity index (χ1n) is 9.01. The first-order chi connectivity index (χ1) is 11.6. The van der Waals surface area contributed by atoms with Crippen LogP contribution < -0.4 is 4.90 Å². The molecule has 0 unspecified atom stereocenters. The van der Waals surface area contributed by atoms with Crippen LogP contribution in [-0.4, -0.2) is 60.9 Å². The maximum Gasteiger partial charge on any atom is 0.229 e. The lowest BCUT2D eigenvalue weighted by Crippen LogP contribution is -2.47. The molecule has 0 saturated carbocycles. The molecule has 2 aliphatic heterocycles. The van der Waals surface area contributed by atoms with Gasteiger partial charge in [-0.25, -0.2) is 0 Å². The van der Waals surface area contributed by atoms with Crippen LogP contribution in [0.3, 0.4) is 0 Å². The molecule has 130 valence electrons. The van der Waals surface area contributed by atoms with Crippen LogP contribution in [0.15, 0.2) is 24.3 Å². The summed E-state index contributed by atoms with van der Waals surface area (Å²) in [6.45, 7) is 7.84. The topological polar surface area (TPSA) is 43.9 Å². The molecule has 1 aromatic rings. The Bertz CT molecular complexity index is 578. The van der Waals surface area contributed by atoms with E-state index in [-0.39, 0.29) is 11.8 Å². The SMILES string of the molecule is Cc1ccccc1N1CCN(CCCN2C(=O)CCCC2=O)CC1. The summed E-state index contributed by atoms with van der Waals surface area (Å²) in [5.41, 5.74) is 2.66. The van der Waals surface area contributed by atoms with Gasteiger partial charge in [-0.1, -0.05) is 18.2 Å². The van der Waals surface area contributed by atoms with Gasteiger partial charge >= 0.3 is 0 Å². The van der Waals surface area contributed by atoms with E-state index in [0.717, 1.165) is 45.6 Å². The molecule has 2 saturated heterocycles. The molecule has 0 spiro atoms. The number of hydrogen-bond donors (Lipinski definition) is 0. The van der Waals surface area contributed by atoms with Crippen molar-refractivity contribution < 1.29 is 9.59 Å². The highest BCUT2D eigenvalue weighted by Gasteiger charge is 2.25. The number of carbonyl (C=O) groups excluding carboxylic acids is 2. The lowest BCUT2D eigenvalue weighted by Gasteiger charge is -2.37. The van der Waals surface area contributed by atoms with Gasteiger partial charge in [0.05, 0.1) is 0 Å². The number of piperidine rings is 1. The maximum atomic E-state index is 11.8. The predicted molar refractivity (Wildman–Crippen MR) is 95.0 cm³/mol. The van der Waals surface area contributed by atoms with E-state index >= 15 is 0 Å². The minimum Gasteiger partial charge on any atom is -0.369 e. The van der Waals surface area contributed by atoms with E-state index in [9.17, 15) is 9.59 Å². The summed E-state index contributed by atoms with van der Waals surface area (Å²) < 4.78 is 0. The largest absolute Gasteiger partial charge is 0.369 e. The Kier molecular flexibility index (Phi) is 5.51. The third-order valence-corrected chi connectivity index (χ3v) is 5.07. The number of para-hydroxylation sites is 1. The molecule has 2 fully saturated rings. The quantitative estimate of drug-likeness (QED) is 0.776. The Morgan fingerprint density at radius 3 is 2.25 bits per heavy atom. The van der Waals surface area contributed by atoms with Crippen molar-refractivity contribution in [2.24, 2.45) is 0 Å². The van der Waals surface area contributed by atoms with Crippen molar-refractivity contribution in [3.05, 3.63) is 29.8 Å².